The number of rotatable bonds is 4. The first-order chi connectivity index (χ1) is 11.5. The Morgan fingerprint density at radius 2 is 2.04 bits per heavy atom. The molecule has 3 N–H and O–H groups in total. The SMILES string of the molecule is C=CCn1c(=O)c(C(=O)O)c(N)c2cnc(-c3ccccc3)nc21. The zero-order valence-corrected chi connectivity index (χ0v) is 12.6. The summed E-state index contributed by atoms with van der Waals surface area (Å²) in [7, 11) is 0. The maximum absolute atomic E-state index is 12.5. The summed E-state index contributed by atoms with van der Waals surface area (Å²) >= 11 is 0. The summed E-state index contributed by atoms with van der Waals surface area (Å²) < 4.78 is 1.23. The van der Waals surface area contributed by atoms with E-state index in [1.165, 1.54) is 16.8 Å². The van der Waals surface area contributed by atoms with Crippen molar-refractivity contribution in [1.29, 1.82) is 0 Å². The zero-order chi connectivity index (χ0) is 17.3. The predicted molar refractivity (Wildman–Crippen MR) is 90.8 cm³/mol. The molecular formula is C17H14N4O3. The van der Waals surface area contributed by atoms with Crippen LogP contribution < -0.4 is 11.3 Å². The number of hydrogen-bond donors (Lipinski definition) is 2. The molecule has 0 spiro atoms. The summed E-state index contributed by atoms with van der Waals surface area (Å²) in [5.74, 6) is -0.966. The van der Waals surface area contributed by atoms with E-state index in [9.17, 15) is 14.7 Å². The molecular weight excluding hydrogens is 308 g/mol. The summed E-state index contributed by atoms with van der Waals surface area (Å²) in [5.41, 5.74) is 5.58. The van der Waals surface area contributed by atoms with Crippen LogP contribution in [0.15, 0.2) is 54.0 Å². The van der Waals surface area contributed by atoms with Gasteiger partial charge in [-0.05, 0) is 0 Å². The molecule has 0 amide bonds. The van der Waals surface area contributed by atoms with Crippen LogP contribution in [0.3, 0.4) is 0 Å². The molecule has 0 unspecified atom stereocenters. The van der Waals surface area contributed by atoms with E-state index in [0.717, 1.165) is 5.56 Å². The van der Waals surface area contributed by atoms with Gasteiger partial charge >= 0.3 is 5.97 Å². The number of carboxylic acid groups (broad SMARTS) is 1. The number of nitrogens with zero attached hydrogens (tertiary/aromatic N) is 3. The summed E-state index contributed by atoms with van der Waals surface area (Å²) in [5, 5.41) is 9.58. The Morgan fingerprint density at radius 1 is 1.33 bits per heavy atom. The molecule has 7 nitrogen and oxygen atoms in total. The lowest BCUT2D eigenvalue weighted by Crippen LogP contribution is -2.29. The first-order valence-electron chi connectivity index (χ1n) is 7.13. The van der Waals surface area contributed by atoms with Gasteiger partial charge in [-0.2, -0.15) is 0 Å². The Kier molecular flexibility index (Phi) is 3.83. The van der Waals surface area contributed by atoms with Gasteiger partial charge in [0.25, 0.3) is 5.56 Å². The molecule has 2 aromatic heterocycles. The van der Waals surface area contributed by atoms with E-state index >= 15 is 0 Å². The van der Waals surface area contributed by atoms with Crippen LogP contribution in [0.1, 0.15) is 10.4 Å². The van der Waals surface area contributed by atoms with Gasteiger partial charge in [0.2, 0.25) is 0 Å². The Balaban J connectivity index is 2.39. The van der Waals surface area contributed by atoms with Gasteiger partial charge < -0.3 is 10.8 Å². The number of carbonyl (C=O) groups is 1. The van der Waals surface area contributed by atoms with Crippen LogP contribution in [0.5, 0.6) is 0 Å². The van der Waals surface area contributed by atoms with E-state index in [-0.39, 0.29) is 17.9 Å². The third-order valence-corrected chi connectivity index (χ3v) is 3.60. The second kappa shape index (κ2) is 5.96. The van der Waals surface area contributed by atoms with Crippen LogP contribution in [0, 0.1) is 0 Å². The molecule has 0 atom stereocenters. The number of pyridine rings is 1. The van der Waals surface area contributed by atoms with Crippen molar-refractivity contribution in [2.75, 3.05) is 5.73 Å². The van der Waals surface area contributed by atoms with Crippen molar-refractivity contribution in [2.24, 2.45) is 0 Å². The van der Waals surface area contributed by atoms with Crippen molar-refractivity contribution in [3.05, 3.63) is 65.1 Å². The second-order valence-corrected chi connectivity index (χ2v) is 5.10. The molecule has 0 saturated heterocycles. The number of carboxylic acids is 1. The summed E-state index contributed by atoms with van der Waals surface area (Å²) in [4.78, 5) is 32.5. The first-order valence-corrected chi connectivity index (χ1v) is 7.13. The predicted octanol–water partition coefficient (Wildman–Crippen LogP) is 1.92. The number of aromatic nitrogens is 3. The molecule has 0 aliphatic rings. The Morgan fingerprint density at radius 3 is 2.67 bits per heavy atom. The molecule has 1 aromatic carbocycles. The molecule has 0 aliphatic heterocycles. The number of fused-ring (bicyclic) bond motifs is 1. The smallest absolute Gasteiger partial charge is 0.343 e. The fourth-order valence-corrected chi connectivity index (χ4v) is 2.48. The average Bonchev–Trinajstić information content (AvgIpc) is 2.58. The molecule has 0 radical (unpaired) electrons. The number of nitrogens with two attached hydrogens (primary N) is 1. The van der Waals surface area contributed by atoms with Gasteiger partial charge in [-0.25, -0.2) is 14.8 Å². The normalized spacial score (nSPS) is 10.7. The second-order valence-electron chi connectivity index (χ2n) is 5.10. The van der Waals surface area contributed by atoms with Gasteiger partial charge in [0.15, 0.2) is 5.82 Å². The third-order valence-electron chi connectivity index (χ3n) is 3.60. The highest BCUT2D eigenvalue weighted by atomic mass is 16.4. The minimum absolute atomic E-state index is 0.112. The van der Waals surface area contributed by atoms with Crippen molar-refractivity contribution in [3.63, 3.8) is 0 Å². The molecule has 0 fully saturated rings. The number of aromatic carboxylic acids is 1. The number of allylic oxidation sites excluding steroid dienone is 1. The fraction of sp³-hybridized carbons (Fsp3) is 0.0588. The van der Waals surface area contributed by atoms with E-state index < -0.39 is 17.1 Å². The van der Waals surface area contributed by atoms with Crippen molar-refractivity contribution in [3.8, 4) is 11.4 Å². The highest BCUT2D eigenvalue weighted by Gasteiger charge is 2.21. The van der Waals surface area contributed by atoms with Gasteiger partial charge in [-0.1, -0.05) is 36.4 Å². The molecule has 3 rings (SSSR count). The van der Waals surface area contributed by atoms with E-state index in [2.05, 4.69) is 16.5 Å². The molecule has 0 aliphatic carbocycles. The Bertz CT molecular complexity index is 1010. The lowest BCUT2D eigenvalue weighted by Gasteiger charge is -2.12. The number of benzene rings is 1. The van der Waals surface area contributed by atoms with Gasteiger partial charge in [-0.15, -0.1) is 6.58 Å². The van der Waals surface area contributed by atoms with Crippen LogP contribution in [-0.2, 0) is 6.54 Å². The summed E-state index contributed by atoms with van der Waals surface area (Å²) in [6.45, 7) is 3.71. The minimum atomic E-state index is -1.38. The van der Waals surface area contributed by atoms with Crippen LogP contribution in [0.4, 0.5) is 5.69 Å². The van der Waals surface area contributed by atoms with Crippen LogP contribution >= 0.6 is 0 Å². The van der Waals surface area contributed by atoms with E-state index in [4.69, 9.17) is 5.73 Å². The minimum Gasteiger partial charge on any atom is -0.477 e. The molecule has 24 heavy (non-hydrogen) atoms. The first kappa shape index (κ1) is 15.4. The highest BCUT2D eigenvalue weighted by Crippen LogP contribution is 2.23. The summed E-state index contributed by atoms with van der Waals surface area (Å²) in [6.07, 6.45) is 2.93. The highest BCUT2D eigenvalue weighted by molar-refractivity contribution is 6.02. The fourth-order valence-electron chi connectivity index (χ4n) is 2.48. The maximum Gasteiger partial charge on any atom is 0.343 e. The Labute approximate surface area is 136 Å². The van der Waals surface area contributed by atoms with E-state index in [0.29, 0.717) is 11.2 Å². The zero-order valence-electron chi connectivity index (χ0n) is 12.6. The number of anilines is 1. The van der Waals surface area contributed by atoms with Crippen molar-refractivity contribution < 1.29 is 9.90 Å². The molecule has 7 heteroatoms. The largest absolute Gasteiger partial charge is 0.477 e. The molecule has 2 heterocycles. The lowest BCUT2D eigenvalue weighted by molar-refractivity contribution is 0.0695. The number of nitrogen functional groups attached to an aromatic ring is 1. The maximum atomic E-state index is 12.5. The van der Waals surface area contributed by atoms with Gasteiger partial charge in [0.1, 0.15) is 11.2 Å². The Hall–Kier alpha value is -3.48. The van der Waals surface area contributed by atoms with E-state index in [1.807, 2.05) is 30.3 Å². The standard InChI is InChI=1S/C17H14N4O3/c1-2-8-21-15-11(13(18)12(16(21)22)17(23)24)9-19-14(20-15)10-6-4-3-5-7-10/h2-7,9H,1,8,18H2,(H,23,24). The van der Waals surface area contributed by atoms with Crippen molar-refractivity contribution in [1.82, 2.24) is 14.5 Å². The van der Waals surface area contributed by atoms with Crippen molar-refractivity contribution in [2.45, 2.75) is 6.54 Å². The molecule has 0 saturated carbocycles. The molecule has 0 bridgehead atoms. The van der Waals surface area contributed by atoms with Gasteiger partial charge in [-0.3, -0.25) is 9.36 Å². The van der Waals surface area contributed by atoms with E-state index in [1.54, 1.807) is 0 Å². The quantitative estimate of drug-likeness (QED) is 0.710. The average molecular weight is 322 g/mol. The van der Waals surface area contributed by atoms with Crippen molar-refractivity contribution >= 4 is 22.7 Å². The topological polar surface area (TPSA) is 111 Å². The van der Waals surface area contributed by atoms with Gasteiger partial charge in [0.05, 0.1) is 11.1 Å². The number of hydrogen-bond acceptors (Lipinski definition) is 5. The van der Waals surface area contributed by atoms with Crippen LogP contribution in [0.25, 0.3) is 22.4 Å². The molecule has 3 aromatic rings. The third kappa shape index (κ3) is 2.41. The van der Waals surface area contributed by atoms with Gasteiger partial charge in [0, 0.05) is 18.3 Å². The monoisotopic (exact) mass is 322 g/mol. The van der Waals surface area contributed by atoms with Crippen LogP contribution in [0.2, 0.25) is 0 Å². The summed E-state index contributed by atoms with van der Waals surface area (Å²) in [6, 6.07) is 9.25. The van der Waals surface area contributed by atoms with Crippen LogP contribution in [-0.4, -0.2) is 25.6 Å². The molecule has 120 valence electrons. The lowest BCUT2D eigenvalue weighted by atomic mass is 10.1.